The van der Waals surface area contributed by atoms with Gasteiger partial charge in [0.05, 0.1) is 6.61 Å². The summed E-state index contributed by atoms with van der Waals surface area (Å²) in [5.74, 6) is 0.173. The molecular weight excluding hydrogens is 235 g/mol. The molecule has 1 N–H and O–H groups in total. The Labute approximate surface area is 102 Å². The first-order valence-electron chi connectivity index (χ1n) is 4.12. The van der Waals surface area contributed by atoms with Crippen LogP contribution < -0.4 is 0 Å². The van der Waals surface area contributed by atoms with Crippen molar-refractivity contribution in [3.05, 3.63) is 36.2 Å². The van der Waals surface area contributed by atoms with Crippen molar-refractivity contribution < 1.29 is 4.74 Å². The lowest BCUT2D eigenvalue weighted by Crippen LogP contribution is -1.97. The van der Waals surface area contributed by atoms with Crippen LogP contribution in [0.3, 0.4) is 0 Å². The maximum Gasteiger partial charge on any atom is 0.205 e. The Kier molecular flexibility index (Phi) is 10.4. The molecule has 0 aliphatic carbocycles. The monoisotopic (exact) mass is 248 g/mol. The van der Waals surface area contributed by atoms with Gasteiger partial charge in [-0.15, -0.1) is 24.8 Å². The van der Waals surface area contributed by atoms with Crippen LogP contribution in [0.25, 0.3) is 6.08 Å². The van der Waals surface area contributed by atoms with Crippen LogP contribution in [-0.4, -0.2) is 17.5 Å². The number of nitrogens with one attached hydrogen (secondary N) is 1. The van der Waals surface area contributed by atoms with Gasteiger partial charge in [-0.3, -0.25) is 10.4 Å². The van der Waals surface area contributed by atoms with Crippen molar-refractivity contribution in [1.29, 1.82) is 5.41 Å². The maximum atomic E-state index is 7.31. The van der Waals surface area contributed by atoms with E-state index >= 15 is 0 Å². The summed E-state index contributed by atoms with van der Waals surface area (Å²) >= 11 is 0. The van der Waals surface area contributed by atoms with Crippen LogP contribution in [0.15, 0.2) is 30.6 Å². The van der Waals surface area contributed by atoms with E-state index in [0.29, 0.717) is 6.61 Å². The average Bonchev–Trinajstić information content (AvgIpc) is 2.17. The first kappa shape index (κ1) is 16.4. The van der Waals surface area contributed by atoms with E-state index in [1.54, 1.807) is 24.5 Å². The number of nitrogens with zero attached hydrogens (tertiary/aromatic N) is 1. The van der Waals surface area contributed by atoms with E-state index in [1.807, 2.05) is 19.1 Å². The van der Waals surface area contributed by atoms with Crippen molar-refractivity contribution in [2.45, 2.75) is 6.92 Å². The number of hydrogen-bond donors (Lipinski definition) is 1. The molecule has 0 bridgehead atoms. The molecule has 0 aliphatic heterocycles. The van der Waals surface area contributed by atoms with Gasteiger partial charge in [-0.1, -0.05) is 6.07 Å². The Bertz CT molecular complexity index is 302. The number of rotatable bonds is 3. The number of aromatic nitrogens is 1. The van der Waals surface area contributed by atoms with Gasteiger partial charge in [-0.25, -0.2) is 0 Å². The second-order valence-corrected chi connectivity index (χ2v) is 2.42. The Balaban J connectivity index is 0. The molecule has 15 heavy (non-hydrogen) atoms. The van der Waals surface area contributed by atoms with E-state index in [9.17, 15) is 0 Å². The highest BCUT2D eigenvalue weighted by molar-refractivity contribution is 5.89. The molecule has 0 saturated carbocycles. The molecule has 0 unspecified atom stereocenters. The van der Waals surface area contributed by atoms with Crippen LogP contribution in [0.2, 0.25) is 0 Å². The minimum absolute atomic E-state index is 0. The molecule has 84 valence electrons. The predicted molar refractivity (Wildman–Crippen MR) is 67.1 cm³/mol. The SMILES string of the molecule is CCOC(=N)C=Cc1cccnc1.Cl.Cl. The molecule has 5 heteroatoms. The number of hydrogen-bond acceptors (Lipinski definition) is 3. The van der Waals surface area contributed by atoms with Crippen molar-refractivity contribution in [2.75, 3.05) is 6.61 Å². The third-order valence-corrected chi connectivity index (χ3v) is 1.41. The highest BCUT2D eigenvalue weighted by Gasteiger charge is 1.88. The van der Waals surface area contributed by atoms with Gasteiger partial charge in [0.2, 0.25) is 5.90 Å². The first-order valence-corrected chi connectivity index (χ1v) is 4.12. The Morgan fingerprint density at radius 1 is 1.53 bits per heavy atom. The van der Waals surface area contributed by atoms with Crippen molar-refractivity contribution in [3.8, 4) is 0 Å². The molecule has 0 saturated heterocycles. The van der Waals surface area contributed by atoms with Crippen LogP contribution in [0.5, 0.6) is 0 Å². The molecule has 3 nitrogen and oxygen atoms in total. The highest BCUT2D eigenvalue weighted by Crippen LogP contribution is 1.98. The quantitative estimate of drug-likeness (QED) is 0.661. The Morgan fingerprint density at radius 3 is 2.80 bits per heavy atom. The molecule has 0 aliphatic rings. The smallest absolute Gasteiger partial charge is 0.205 e. The molecule has 0 aromatic carbocycles. The third-order valence-electron chi connectivity index (χ3n) is 1.41. The minimum atomic E-state index is 0. The van der Waals surface area contributed by atoms with E-state index in [2.05, 4.69) is 4.98 Å². The van der Waals surface area contributed by atoms with E-state index in [-0.39, 0.29) is 30.7 Å². The summed E-state index contributed by atoms with van der Waals surface area (Å²) < 4.78 is 4.94. The summed E-state index contributed by atoms with van der Waals surface area (Å²) in [7, 11) is 0. The topological polar surface area (TPSA) is 46.0 Å². The van der Waals surface area contributed by atoms with Crippen LogP contribution in [0, 0.1) is 5.41 Å². The summed E-state index contributed by atoms with van der Waals surface area (Å²) in [6.45, 7) is 2.38. The molecule has 0 atom stereocenters. The van der Waals surface area contributed by atoms with Crippen molar-refractivity contribution in [2.24, 2.45) is 0 Å². The number of ether oxygens (including phenoxy) is 1. The second kappa shape index (κ2) is 9.49. The molecule has 1 aromatic heterocycles. The van der Waals surface area contributed by atoms with Crippen molar-refractivity contribution in [3.63, 3.8) is 0 Å². The normalized spacial score (nSPS) is 8.87. The molecule has 1 heterocycles. The Hall–Kier alpha value is -1.06. The summed E-state index contributed by atoms with van der Waals surface area (Å²) in [6, 6.07) is 3.77. The molecule has 0 radical (unpaired) electrons. The lowest BCUT2D eigenvalue weighted by atomic mass is 10.2. The summed E-state index contributed by atoms with van der Waals surface area (Å²) in [4.78, 5) is 3.95. The van der Waals surface area contributed by atoms with E-state index in [4.69, 9.17) is 10.1 Å². The van der Waals surface area contributed by atoms with Gasteiger partial charge in [-0.2, -0.15) is 0 Å². The maximum absolute atomic E-state index is 7.31. The van der Waals surface area contributed by atoms with Gasteiger partial charge in [0.25, 0.3) is 0 Å². The van der Waals surface area contributed by atoms with Crippen molar-refractivity contribution >= 4 is 36.8 Å². The number of pyridine rings is 1. The molecule has 0 amide bonds. The van der Waals surface area contributed by atoms with E-state index in [1.165, 1.54) is 0 Å². The average molecular weight is 249 g/mol. The van der Waals surface area contributed by atoms with Crippen LogP contribution in [0.4, 0.5) is 0 Å². The minimum Gasteiger partial charge on any atom is -0.478 e. The molecule has 0 fully saturated rings. The Morgan fingerprint density at radius 2 is 2.27 bits per heavy atom. The van der Waals surface area contributed by atoms with Crippen LogP contribution in [0.1, 0.15) is 12.5 Å². The number of halogens is 2. The summed E-state index contributed by atoms with van der Waals surface area (Å²) in [6.07, 6.45) is 6.85. The van der Waals surface area contributed by atoms with Gasteiger partial charge in [0, 0.05) is 18.5 Å². The molecular formula is C10H14Cl2N2O. The van der Waals surface area contributed by atoms with Crippen LogP contribution >= 0.6 is 24.8 Å². The summed E-state index contributed by atoms with van der Waals surface area (Å²) in [5.41, 5.74) is 0.965. The zero-order chi connectivity index (χ0) is 9.52. The van der Waals surface area contributed by atoms with Gasteiger partial charge in [-0.05, 0) is 24.6 Å². The molecule has 1 rings (SSSR count). The van der Waals surface area contributed by atoms with E-state index < -0.39 is 0 Å². The largest absolute Gasteiger partial charge is 0.478 e. The predicted octanol–water partition coefficient (Wildman–Crippen LogP) is 2.95. The molecule has 1 aromatic rings. The second-order valence-electron chi connectivity index (χ2n) is 2.42. The first-order chi connectivity index (χ1) is 6.33. The lowest BCUT2D eigenvalue weighted by molar-refractivity contribution is 0.327. The standard InChI is InChI=1S/C10H12N2O.2ClH/c1-2-13-10(11)6-5-9-4-3-7-12-8-9;;/h3-8,11H,2H2,1H3;2*1H. The van der Waals surface area contributed by atoms with E-state index in [0.717, 1.165) is 5.56 Å². The third kappa shape index (κ3) is 6.94. The van der Waals surface area contributed by atoms with Crippen molar-refractivity contribution in [1.82, 2.24) is 4.98 Å². The van der Waals surface area contributed by atoms with Gasteiger partial charge >= 0.3 is 0 Å². The fourth-order valence-electron chi connectivity index (χ4n) is 0.850. The van der Waals surface area contributed by atoms with Gasteiger partial charge < -0.3 is 4.74 Å². The summed E-state index contributed by atoms with van der Waals surface area (Å²) in [5, 5.41) is 7.31. The fourth-order valence-corrected chi connectivity index (χ4v) is 0.850. The van der Waals surface area contributed by atoms with Crippen LogP contribution in [-0.2, 0) is 4.74 Å². The van der Waals surface area contributed by atoms with Gasteiger partial charge in [0.15, 0.2) is 0 Å². The van der Waals surface area contributed by atoms with Gasteiger partial charge in [0.1, 0.15) is 0 Å². The zero-order valence-corrected chi connectivity index (χ0v) is 9.98. The fraction of sp³-hybridized carbons (Fsp3) is 0.200. The lowest BCUT2D eigenvalue weighted by Gasteiger charge is -1.97. The highest BCUT2D eigenvalue weighted by atomic mass is 35.5. The zero-order valence-electron chi connectivity index (χ0n) is 8.34. The molecule has 0 spiro atoms.